The molecular formula is C20H26N8O. The maximum absolute atomic E-state index is 12.4. The van der Waals surface area contributed by atoms with Crippen LogP contribution in [0.4, 0.5) is 0 Å². The van der Waals surface area contributed by atoms with Crippen LogP contribution in [0.15, 0.2) is 36.5 Å². The summed E-state index contributed by atoms with van der Waals surface area (Å²) in [4.78, 5) is 17.1. The average molecular weight is 394 g/mol. The van der Waals surface area contributed by atoms with Gasteiger partial charge in [-0.1, -0.05) is 30.3 Å². The van der Waals surface area contributed by atoms with Gasteiger partial charge in [0.25, 0.3) is 0 Å². The van der Waals surface area contributed by atoms with Crippen molar-refractivity contribution in [2.45, 2.75) is 44.7 Å². The lowest BCUT2D eigenvalue weighted by atomic mass is 10.1. The first kappa shape index (κ1) is 19.3. The van der Waals surface area contributed by atoms with Crippen molar-refractivity contribution < 1.29 is 4.79 Å². The van der Waals surface area contributed by atoms with Crippen molar-refractivity contribution in [1.29, 1.82) is 0 Å². The molecule has 0 bridgehead atoms. The number of amides is 1. The summed E-state index contributed by atoms with van der Waals surface area (Å²) in [5.41, 5.74) is 8.40. The SMILES string of the molecule is N[C@H](Cc1ccccc1)c1nc(CC2CC2)nn1CC(=O)NCCc1cn[nH]n1. The van der Waals surface area contributed by atoms with Crippen LogP contribution in [-0.4, -0.2) is 42.6 Å². The van der Waals surface area contributed by atoms with Gasteiger partial charge in [-0.25, -0.2) is 9.67 Å². The van der Waals surface area contributed by atoms with Crippen LogP contribution in [0, 0.1) is 5.92 Å². The molecule has 1 aliphatic rings. The van der Waals surface area contributed by atoms with Crippen molar-refractivity contribution in [3.05, 3.63) is 59.4 Å². The van der Waals surface area contributed by atoms with Crippen LogP contribution in [0.5, 0.6) is 0 Å². The Balaban J connectivity index is 1.40. The molecule has 9 heteroatoms. The highest BCUT2D eigenvalue weighted by Gasteiger charge is 2.26. The molecule has 1 aliphatic carbocycles. The van der Waals surface area contributed by atoms with Gasteiger partial charge in [-0.15, -0.1) is 0 Å². The highest BCUT2D eigenvalue weighted by Crippen LogP contribution is 2.32. The van der Waals surface area contributed by atoms with Gasteiger partial charge in [0, 0.05) is 19.4 Å². The van der Waals surface area contributed by atoms with Crippen molar-refractivity contribution in [2.75, 3.05) is 6.54 Å². The Morgan fingerprint density at radius 1 is 1.31 bits per heavy atom. The van der Waals surface area contributed by atoms with Gasteiger partial charge >= 0.3 is 0 Å². The molecule has 3 aromatic rings. The van der Waals surface area contributed by atoms with E-state index in [9.17, 15) is 4.79 Å². The van der Waals surface area contributed by atoms with E-state index in [2.05, 4.69) is 30.8 Å². The number of benzene rings is 1. The predicted octanol–water partition coefficient (Wildman–Crippen LogP) is 0.950. The monoisotopic (exact) mass is 394 g/mol. The number of carbonyl (C=O) groups is 1. The molecule has 1 saturated carbocycles. The number of aromatic nitrogens is 6. The second-order valence-electron chi connectivity index (χ2n) is 7.55. The molecule has 4 N–H and O–H groups in total. The highest BCUT2D eigenvalue weighted by molar-refractivity contribution is 5.75. The minimum absolute atomic E-state index is 0.105. The normalized spacial score (nSPS) is 14.7. The summed E-state index contributed by atoms with van der Waals surface area (Å²) in [6.07, 6.45) is 6.22. The molecule has 152 valence electrons. The second-order valence-corrected chi connectivity index (χ2v) is 7.55. The zero-order valence-electron chi connectivity index (χ0n) is 16.3. The summed E-state index contributed by atoms with van der Waals surface area (Å²) < 4.78 is 1.66. The second kappa shape index (κ2) is 8.95. The fourth-order valence-corrected chi connectivity index (χ4v) is 3.29. The van der Waals surface area contributed by atoms with Gasteiger partial charge in [-0.3, -0.25) is 4.79 Å². The highest BCUT2D eigenvalue weighted by atomic mass is 16.2. The molecule has 0 unspecified atom stereocenters. The number of nitrogens with one attached hydrogen (secondary N) is 2. The zero-order chi connectivity index (χ0) is 20.1. The van der Waals surface area contributed by atoms with E-state index in [1.54, 1.807) is 10.9 Å². The van der Waals surface area contributed by atoms with Crippen molar-refractivity contribution in [3.8, 4) is 0 Å². The Bertz CT molecular complexity index is 917. The van der Waals surface area contributed by atoms with Crippen molar-refractivity contribution in [2.24, 2.45) is 11.7 Å². The van der Waals surface area contributed by atoms with Crippen LogP contribution < -0.4 is 11.1 Å². The first-order valence-corrected chi connectivity index (χ1v) is 10.0. The molecule has 29 heavy (non-hydrogen) atoms. The lowest BCUT2D eigenvalue weighted by Gasteiger charge is -2.13. The van der Waals surface area contributed by atoms with Crippen LogP contribution in [0.3, 0.4) is 0 Å². The number of hydrogen-bond donors (Lipinski definition) is 3. The van der Waals surface area contributed by atoms with Crippen LogP contribution in [0.1, 0.15) is 41.8 Å². The molecular weight excluding hydrogens is 368 g/mol. The van der Waals surface area contributed by atoms with Crippen LogP contribution in [0.2, 0.25) is 0 Å². The standard InChI is InChI=1S/C20H26N8O/c21-17(10-14-4-2-1-3-5-14)20-24-18(11-15-6-7-15)26-28(20)13-19(29)22-9-8-16-12-23-27-25-16/h1-5,12,15,17H,6-11,13,21H2,(H,22,29)(H,23,25,27)/t17-/m1/s1. The smallest absolute Gasteiger partial charge is 0.241 e. The van der Waals surface area contributed by atoms with Crippen LogP contribution in [-0.2, 0) is 30.6 Å². The number of aromatic amines is 1. The third-order valence-corrected chi connectivity index (χ3v) is 5.00. The van der Waals surface area contributed by atoms with E-state index in [0.29, 0.717) is 31.1 Å². The molecule has 1 atom stereocenters. The predicted molar refractivity (Wildman–Crippen MR) is 107 cm³/mol. The number of nitrogens with zero attached hydrogens (tertiary/aromatic N) is 5. The van der Waals surface area contributed by atoms with Gasteiger partial charge in [0.15, 0.2) is 5.82 Å². The minimum Gasteiger partial charge on any atom is -0.354 e. The summed E-state index contributed by atoms with van der Waals surface area (Å²) >= 11 is 0. The first-order chi connectivity index (χ1) is 14.2. The molecule has 1 aromatic carbocycles. The van der Waals surface area contributed by atoms with E-state index in [0.717, 1.165) is 23.5 Å². The summed E-state index contributed by atoms with van der Waals surface area (Å²) in [6.45, 7) is 0.592. The molecule has 4 rings (SSSR count). The topological polar surface area (TPSA) is 127 Å². The number of hydrogen-bond acceptors (Lipinski definition) is 6. The van der Waals surface area contributed by atoms with E-state index in [4.69, 9.17) is 5.73 Å². The van der Waals surface area contributed by atoms with Crippen molar-refractivity contribution >= 4 is 5.91 Å². The number of nitrogens with two attached hydrogens (primary N) is 1. The lowest BCUT2D eigenvalue weighted by Crippen LogP contribution is -2.31. The summed E-state index contributed by atoms with van der Waals surface area (Å²) in [5, 5.41) is 17.8. The summed E-state index contributed by atoms with van der Waals surface area (Å²) in [7, 11) is 0. The Labute approximate surface area is 169 Å². The van der Waals surface area contributed by atoms with Gasteiger partial charge in [0.05, 0.1) is 17.9 Å². The molecule has 1 amide bonds. The minimum atomic E-state index is -0.319. The third-order valence-electron chi connectivity index (χ3n) is 5.00. The van der Waals surface area contributed by atoms with E-state index in [1.165, 1.54) is 12.8 Å². The molecule has 1 fully saturated rings. The van der Waals surface area contributed by atoms with Crippen molar-refractivity contribution in [1.82, 2.24) is 35.5 Å². The molecule has 2 aromatic heterocycles. The van der Waals surface area contributed by atoms with Gasteiger partial charge < -0.3 is 11.1 Å². The van der Waals surface area contributed by atoms with E-state index in [-0.39, 0.29) is 18.5 Å². The Kier molecular flexibility index (Phi) is 5.95. The number of H-pyrrole nitrogens is 1. The van der Waals surface area contributed by atoms with Gasteiger partial charge in [0.1, 0.15) is 12.4 Å². The fourth-order valence-electron chi connectivity index (χ4n) is 3.29. The molecule has 9 nitrogen and oxygen atoms in total. The zero-order valence-corrected chi connectivity index (χ0v) is 16.3. The van der Waals surface area contributed by atoms with E-state index < -0.39 is 0 Å². The maximum Gasteiger partial charge on any atom is 0.241 e. The number of carbonyl (C=O) groups excluding carboxylic acids is 1. The molecule has 0 spiro atoms. The molecule has 0 saturated heterocycles. The van der Waals surface area contributed by atoms with E-state index in [1.807, 2.05) is 30.3 Å². The third kappa shape index (κ3) is 5.47. The summed E-state index contributed by atoms with van der Waals surface area (Å²) in [5.74, 6) is 1.99. The quantitative estimate of drug-likeness (QED) is 0.470. The first-order valence-electron chi connectivity index (χ1n) is 10.0. The molecule has 0 radical (unpaired) electrons. The Morgan fingerprint density at radius 3 is 2.86 bits per heavy atom. The van der Waals surface area contributed by atoms with Gasteiger partial charge in [-0.2, -0.15) is 20.5 Å². The fraction of sp³-hybridized carbons (Fsp3) is 0.450. The summed E-state index contributed by atoms with van der Waals surface area (Å²) in [6, 6.07) is 9.74. The Morgan fingerprint density at radius 2 is 2.14 bits per heavy atom. The average Bonchev–Trinajstić information content (AvgIpc) is 3.20. The van der Waals surface area contributed by atoms with Gasteiger partial charge in [0.2, 0.25) is 5.91 Å². The maximum atomic E-state index is 12.4. The Hall–Kier alpha value is -3.07. The van der Waals surface area contributed by atoms with Gasteiger partial charge in [-0.05, 0) is 30.7 Å². The largest absolute Gasteiger partial charge is 0.354 e. The molecule has 0 aliphatic heterocycles. The van der Waals surface area contributed by atoms with E-state index >= 15 is 0 Å². The van der Waals surface area contributed by atoms with Crippen LogP contribution >= 0.6 is 0 Å². The van der Waals surface area contributed by atoms with Crippen molar-refractivity contribution in [3.63, 3.8) is 0 Å². The molecule has 2 heterocycles. The number of rotatable bonds is 10. The van der Waals surface area contributed by atoms with Crippen LogP contribution in [0.25, 0.3) is 0 Å². The lowest BCUT2D eigenvalue weighted by molar-refractivity contribution is -0.121.